The van der Waals surface area contributed by atoms with Gasteiger partial charge in [-0.25, -0.2) is 0 Å². The molecule has 6 nitrogen and oxygen atoms in total. The maximum atomic E-state index is 13.4. The van der Waals surface area contributed by atoms with E-state index < -0.39 is 0 Å². The number of hydrogen-bond donors (Lipinski definition) is 1. The van der Waals surface area contributed by atoms with Gasteiger partial charge in [-0.05, 0) is 17.7 Å². The molecule has 0 unspecified atom stereocenters. The molecule has 2 aromatic carbocycles. The maximum absolute atomic E-state index is 13.4. The molecule has 2 aliphatic rings. The Bertz CT molecular complexity index is 785. The lowest BCUT2D eigenvalue weighted by molar-refractivity contribution is -0.141. The van der Waals surface area contributed by atoms with Crippen molar-refractivity contribution in [3.8, 4) is 5.75 Å². The summed E-state index contributed by atoms with van der Waals surface area (Å²) in [5, 5.41) is 10.1. The van der Waals surface area contributed by atoms with Crippen molar-refractivity contribution in [1.29, 1.82) is 0 Å². The van der Waals surface area contributed by atoms with E-state index in [0.29, 0.717) is 32.1 Å². The Morgan fingerprint density at radius 1 is 0.857 bits per heavy atom. The number of phenolic OH excluding ortho intramolecular Hbond substituents is 1. The minimum Gasteiger partial charge on any atom is -0.506 e. The molecule has 0 aromatic heterocycles. The molecule has 0 spiro atoms. The van der Waals surface area contributed by atoms with E-state index in [1.807, 2.05) is 53.4 Å². The van der Waals surface area contributed by atoms with Gasteiger partial charge in [-0.15, -0.1) is 0 Å². The number of benzene rings is 2. The van der Waals surface area contributed by atoms with Crippen molar-refractivity contribution in [1.82, 2.24) is 9.80 Å². The van der Waals surface area contributed by atoms with Crippen LogP contribution in [0.25, 0.3) is 0 Å². The molecule has 0 aliphatic carbocycles. The molecule has 0 radical (unpaired) electrons. The van der Waals surface area contributed by atoms with Gasteiger partial charge >= 0.3 is 0 Å². The lowest BCUT2D eigenvalue weighted by Crippen LogP contribution is -2.53. The van der Waals surface area contributed by atoms with Crippen molar-refractivity contribution >= 4 is 11.6 Å². The van der Waals surface area contributed by atoms with Crippen LogP contribution in [-0.2, 0) is 9.53 Å². The van der Waals surface area contributed by atoms with E-state index in [0.717, 1.165) is 37.4 Å². The number of carbonyl (C=O) groups is 1. The summed E-state index contributed by atoms with van der Waals surface area (Å²) in [5.41, 5.74) is 1.90. The Morgan fingerprint density at radius 2 is 1.50 bits per heavy atom. The molecule has 0 bridgehead atoms. The fourth-order valence-electron chi connectivity index (χ4n) is 4.05. The van der Waals surface area contributed by atoms with Crippen LogP contribution in [0.4, 0.5) is 5.69 Å². The lowest BCUT2D eigenvalue weighted by atomic mass is 10.0. The van der Waals surface area contributed by atoms with Crippen LogP contribution in [0.5, 0.6) is 5.75 Å². The Kier molecular flexibility index (Phi) is 5.78. The van der Waals surface area contributed by atoms with Gasteiger partial charge in [0, 0.05) is 39.3 Å². The van der Waals surface area contributed by atoms with Gasteiger partial charge < -0.3 is 19.6 Å². The number of anilines is 1. The molecule has 2 saturated heterocycles. The molecule has 6 heteroatoms. The maximum Gasteiger partial charge on any atom is 0.244 e. The minimum absolute atomic E-state index is 0.158. The second kappa shape index (κ2) is 8.63. The highest BCUT2D eigenvalue weighted by Crippen LogP contribution is 2.30. The Hall–Kier alpha value is -2.57. The van der Waals surface area contributed by atoms with Crippen molar-refractivity contribution in [3.05, 3.63) is 60.2 Å². The zero-order chi connectivity index (χ0) is 19.3. The highest BCUT2D eigenvalue weighted by Gasteiger charge is 2.34. The van der Waals surface area contributed by atoms with E-state index in [9.17, 15) is 9.90 Å². The average Bonchev–Trinajstić information content (AvgIpc) is 2.76. The quantitative estimate of drug-likeness (QED) is 0.879. The first-order valence-corrected chi connectivity index (χ1v) is 9.92. The zero-order valence-electron chi connectivity index (χ0n) is 16.0. The molecule has 148 valence electrons. The van der Waals surface area contributed by atoms with Gasteiger partial charge in [-0.1, -0.05) is 42.5 Å². The third kappa shape index (κ3) is 3.98. The van der Waals surface area contributed by atoms with Crippen LogP contribution < -0.4 is 4.90 Å². The molecule has 2 aromatic rings. The standard InChI is InChI=1S/C22H27N3O3/c26-20-9-5-4-8-19(20)23-10-12-24(13-11-23)21(18-6-2-1-3-7-18)22(27)25-14-16-28-17-15-25/h1-9,21,26H,10-17H2/t21-/m1/s1. The first kappa shape index (κ1) is 18.8. The number of amides is 1. The highest BCUT2D eigenvalue weighted by molar-refractivity contribution is 5.83. The van der Waals surface area contributed by atoms with Gasteiger partial charge in [-0.2, -0.15) is 0 Å². The fraction of sp³-hybridized carbons (Fsp3) is 0.409. The molecule has 2 aliphatic heterocycles. The van der Waals surface area contributed by atoms with Crippen molar-refractivity contribution in [2.75, 3.05) is 57.4 Å². The molecule has 4 rings (SSSR count). The number of ether oxygens (including phenoxy) is 1. The van der Waals surface area contributed by atoms with Crippen LogP contribution in [0.3, 0.4) is 0 Å². The van der Waals surface area contributed by atoms with Crippen molar-refractivity contribution < 1.29 is 14.6 Å². The molecule has 2 heterocycles. The monoisotopic (exact) mass is 381 g/mol. The SMILES string of the molecule is O=C([C@@H](c1ccccc1)N1CCN(c2ccccc2O)CC1)N1CCOCC1. The largest absolute Gasteiger partial charge is 0.506 e. The molecule has 1 N–H and O–H groups in total. The number of morpholine rings is 1. The number of phenols is 1. The van der Waals surface area contributed by atoms with Crippen LogP contribution in [0.1, 0.15) is 11.6 Å². The normalized spacial score (nSPS) is 19.4. The summed E-state index contributed by atoms with van der Waals surface area (Å²) < 4.78 is 5.42. The van der Waals surface area contributed by atoms with Gasteiger partial charge in [0.15, 0.2) is 0 Å². The Balaban J connectivity index is 1.51. The highest BCUT2D eigenvalue weighted by atomic mass is 16.5. The molecule has 0 saturated carbocycles. The summed E-state index contributed by atoms with van der Waals surface area (Å²) in [6.45, 7) is 5.60. The summed E-state index contributed by atoms with van der Waals surface area (Å²) in [7, 11) is 0. The van der Waals surface area contributed by atoms with Gasteiger partial charge in [0.1, 0.15) is 11.8 Å². The van der Waals surface area contributed by atoms with Crippen LogP contribution in [0.2, 0.25) is 0 Å². The number of nitrogens with zero attached hydrogens (tertiary/aromatic N) is 3. The van der Waals surface area contributed by atoms with Crippen molar-refractivity contribution in [2.24, 2.45) is 0 Å². The second-order valence-corrected chi connectivity index (χ2v) is 7.26. The van der Waals surface area contributed by atoms with E-state index in [1.165, 1.54) is 0 Å². The predicted octanol–water partition coefficient (Wildman–Crippen LogP) is 2.11. The van der Waals surface area contributed by atoms with Crippen LogP contribution in [0, 0.1) is 0 Å². The molecular formula is C22H27N3O3. The van der Waals surface area contributed by atoms with E-state index in [2.05, 4.69) is 9.80 Å². The number of piperazine rings is 1. The summed E-state index contributed by atoms with van der Waals surface area (Å²) in [4.78, 5) is 19.8. The number of para-hydroxylation sites is 2. The molecule has 1 amide bonds. The van der Waals surface area contributed by atoms with Crippen molar-refractivity contribution in [3.63, 3.8) is 0 Å². The topological polar surface area (TPSA) is 56.2 Å². The molecule has 2 fully saturated rings. The van der Waals surface area contributed by atoms with E-state index in [-0.39, 0.29) is 11.9 Å². The zero-order valence-corrected chi connectivity index (χ0v) is 16.0. The Labute approximate surface area is 165 Å². The molecule has 1 atom stereocenters. The minimum atomic E-state index is -0.272. The van der Waals surface area contributed by atoms with Gasteiger partial charge in [-0.3, -0.25) is 9.69 Å². The number of aromatic hydroxyl groups is 1. The number of hydrogen-bond acceptors (Lipinski definition) is 5. The predicted molar refractivity (Wildman–Crippen MR) is 108 cm³/mol. The summed E-state index contributed by atoms with van der Waals surface area (Å²) >= 11 is 0. The molecular weight excluding hydrogens is 354 g/mol. The average molecular weight is 381 g/mol. The Morgan fingerprint density at radius 3 is 2.18 bits per heavy atom. The number of rotatable bonds is 4. The fourth-order valence-corrected chi connectivity index (χ4v) is 4.05. The van der Waals surface area contributed by atoms with E-state index in [1.54, 1.807) is 6.07 Å². The first-order chi connectivity index (χ1) is 13.7. The first-order valence-electron chi connectivity index (χ1n) is 9.92. The molecule has 28 heavy (non-hydrogen) atoms. The van der Waals surface area contributed by atoms with E-state index in [4.69, 9.17) is 4.74 Å². The lowest BCUT2D eigenvalue weighted by Gasteiger charge is -2.41. The van der Waals surface area contributed by atoms with Gasteiger partial charge in [0.05, 0.1) is 18.9 Å². The van der Waals surface area contributed by atoms with Gasteiger partial charge in [0.2, 0.25) is 5.91 Å². The van der Waals surface area contributed by atoms with E-state index >= 15 is 0 Å². The van der Waals surface area contributed by atoms with Gasteiger partial charge in [0.25, 0.3) is 0 Å². The third-order valence-electron chi connectivity index (χ3n) is 5.57. The van der Waals surface area contributed by atoms with Crippen molar-refractivity contribution in [2.45, 2.75) is 6.04 Å². The summed E-state index contributed by atoms with van der Waals surface area (Å²) in [6.07, 6.45) is 0. The third-order valence-corrected chi connectivity index (χ3v) is 5.57. The van der Waals surface area contributed by atoms with Crippen LogP contribution in [0.15, 0.2) is 54.6 Å². The van der Waals surface area contributed by atoms with Crippen LogP contribution in [-0.4, -0.2) is 73.3 Å². The second-order valence-electron chi connectivity index (χ2n) is 7.26. The van der Waals surface area contributed by atoms with Crippen LogP contribution >= 0.6 is 0 Å². The summed E-state index contributed by atoms with van der Waals surface area (Å²) in [6, 6.07) is 17.2. The number of carbonyl (C=O) groups excluding carboxylic acids is 1. The summed E-state index contributed by atoms with van der Waals surface area (Å²) in [5.74, 6) is 0.463. The smallest absolute Gasteiger partial charge is 0.244 e.